The molecule has 4 aromatic rings. The number of aromatic nitrogens is 5. The number of nitrogens with zero attached hydrogens (tertiary/aromatic N) is 4. The van der Waals surface area contributed by atoms with E-state index in [0.717, 1.165) is 16.9 Å². The van der Waals surface area contributed by atoms with Gasteiger partial charge in [0.25, 0.3) is 0 Å². The third-order valence-corrected chi connectivity index (χ3v) is 3.59. The van der Waals surface area contributed by atoms with Gasteiger partial charge >= 0.3 is 0 Å². The normalized spacial score (nSPS) is 11.0. The van der Waals surface area contributed by atoms with Gasteiger partial charge in [0.15, 0.2) is 5.65 Å². The van der Waals surface area contributed by atoms with E-state index in [1.165, 1.54) is 6.20 Å². The molecule has 0 saturated carbocycles. The Hall–Kier alpha value is -3.15. The van der Waals surface area contributed by atoms with E-state index >= 15 is 0 Å². The Kier molecular flexibility index (Phi) is 3.08. The van der Waals surface area contributed by atoms with Crippen LogP contribution in [0.5, 0.6) is 0 Å². The molecule has 5 nitrogen and oxygen atoms in total. The first-order valence-corrected chi connectivity index (χ1v) is 7.10. The molecular weight excluding hydrogens is 293 g/mol. The van der Waals surface area contributed by atoms with Crippen molar-refractivity contribution in [3.05, 3.63) is 60.7 Å². The number of nitrogens with one attached hydrogen (secondary N) is 1. The SMILES string of the molecule is Cc1nc2nc(-c3cccnc3)c(-c3ccncc3F)cc2[nH]1. The highest BCUT2D eigenvalue weighted by molar-refractivity contribution is 5.88. The van der Waals surface area contributed by atoms with Gasteiger partial charge in [-0.15, -0.1) is 0 Å². The van der Waals surface area contributed by atoms with Crippen molar-refractivity contribution in [3.8, 4) is 22.4 Å². The molecule has 0 bridgehead atoms. The summed E-state index contributed by atoms with van der Waals surface area (Å²) >= 11 is 0. The second-order valence-corrected chi connectivity index (χ2v) is 5.18. The predicted octanol–water partition coefficient (Wildman–Crippen LogP) is 3.53. The number of fused-ring (bicyclic) bond motifs is 1. The number of hydrogen-bond acceptors (Lipinski definition) is 4. The average Bonchev–Trinajstić information content (AvgIpc) is 2.94. The van der Waals surface area contributed by atoms with Crippen molar-refractivity contribution in [2.75, 3.05) is 0 Å². The fourth-order valence-electron chi connectivity index (χ4n) is 2.58. The summed E-state index contributed by atoms with van der Waals surface area (Å²) in [6.45, 7) is 1.86. The molecule has 112 valence electrons. The highest BCUT2D eigenvalue weighted by Crippen LogP contribution is 2.33. The Balaban J connectivity index is 2.06. The summed E-state index contributed by atoms with van der Waals surface area (Å²) in [5.41, 5.74) is 3.93. The second-order valence-electron chi connectivity index (χ2n) is 5.18. The second kappa shape index (κ2) is 5.24. The zero-order valence-corrected chi connectivity index (χ0v) is 12.3. The van der Waals surface area contributed by atoms with Crippen molar-refractivity contribution in [2.24, 2.45) is 0 Å². The molecule has 1 N–H and O–H groups in total. The van der Waals surface area contributed by atoms with E-state index < -0.39 is 5.82 Å². The van der Waals surface area contributed by atoms with Gasteiger partial charge in [-0.1, -0.05) is 0 Å². The lowest BCUT2D eigenvalue weighted by Crippen LogP contribution is -1.94. The van der Waals surface area contributed by atoms with Crippen molar-refractivity contribution in [1.29, 1.82) is 0 Å². The van der Waals surface area contributed by atoms with Crippen LogP contribution in [0.1, 0.15) is 5.82 Å². The molecule has 0 atom stereocenters. The summed E-state index contributed by atoms with van der Waals surface area (Å²) in [6, 6.07) is 7.22. The Labute approximate surface area is 131 Å². The van der Waals surface area contributed by atoms with Gasteiger partial charge in [-0.05, 0) is 31.2 Å². The Morgan fingerprint density at radius 2 is 1.87 bits per heavy atom. The van der Waals surface area contributed by atoms with Crippen molar-refractivity contribution in [3.63, 3.8) is 0 Å². The summed E-state index contributed by atoms with van der Waals surface area (Å²) in [5, 5.41) is 0. The molecule has 23 heavy (non-hydrogen) atoms. The quantitative estimate of drug-likeness (QED) is 0.615. The van der Waals surface area contributed by atoms with Gasteiger partial charge in [-0.3, -0.25) is 9.97 Å². The van der Waals surface area contributed by atoms with E-state index in [-0.39, 0.29) is 0 Å². The van der Waals surface area contributed by atoms with Crippen LogP contribution < -0.4 is 0 Å². The number of halogens is 1. The largest absolute Gasteiger partial charge is 0.341 e. The maximum Gasteiger partial charge on any atom is 0.178 e. The van der Waals surface area contributed by atoms with Crippen molar-refractivity contribution < 1.29 is 4.39 Å². The number of hydrogen-bond donors (Lipinski definition) is 1. The molecule has 0 aliphatic rings. The fourth-order valence-corrected chi connectivity index (χ4v) is 2.58. The smallest absolute Gasteiger partial charge is 0.178 e. The number of imidazole rings is 1. The van der Waals surface area contributed by atoms with E-state index in [9.17, 15) is 4.39 Å². The molecular formula is C17H12FN5. The van der Waals surface area contributed by atoms with Gasteiger partial charge in [0.1, 0.15) is 11.6 Å². The summed E-state index contributed by atoms with van der Waals surface area (Å²) in [4.78, 5) is 20.1. The average molecular weight is 305 g/mol. The molecule has 0 aromatic carbocycles. The van der Waals surface area contributed by atoms with Gasteiger partial charge in [-0.25, -0.2) is 14.4 Å². The molecule has 0 saturated heterocycles. The van der Waals surface area contributed by atoms with Gasteiger partial charge < -0.3 is 4.98 Å². The zero-order valence-electron chi connectivity index (χ0n) is 12.3. The predicted molar refractivity (Wildman–Crippen MR) is 85.0 cm³/mol. The summed E-state index contributed by atoms with van der Waals surface area (Å²) in [5.74, 6) is 0.368. The molecule has 4 heterocycles. The topological polar surface area (TPSA) is 67.3 Å². The van der Waals surface area contributed by atoms with Crippen molar-refractivity contribution >= 4 is 11.2 Å². The van der Waals surface area contributed by atoms with Crippen LogP contribution in [0.4, 0.5) is 4.39 Å². The Morgan fingerprint density at radius 3 is 2.65 bits per heavy atom. The summed E-state index contributed by atoms with van der Waals surface area (Å²) < 4.78 is 14.2. The molecule has 0 amide bonds. The van der Waals surface area contributed by atoms with Gasteiger partial charge in [0, 0.05) is 35.3 Å². The van der Waals surface area contributed by atoms with Crippen LogP contribution in [-0.2, 0) is 0 Å². The van der Waals surface area contributed by atoms with Crippen molar-refractivity contribution in [2.45, 2.75) is 6.92 Å². The highest BCUT2D eigenvalue weighted by atomic mass is 19.1. The standard InChI is InChI=1S/C17H12FN5/c1-10-21-15-7-13(12-4-6-20-9-14(12)18)16(23-17(15)22-10)11-3-2-5-19-8-11/h2-9H,1H3,(H,21,22,23). The number of rotatable bonds is 2. The fraction of sp³-hybridized carbons (Fsp3) is 0.0588. The highest BCUT2D eigenvalue weighted by Gasteiger charge is 2.16. The van der Waals surface area contributed by atoms with Crippen LogP contribution in [0.15, 0.2) is 49.1 Å². The lowest BCUT2D eigenvalue weighted by molar-refractivity contribution is 0.625. The Morgan fingerprint density at radius 1 is 1.00 bits per heavy atom. The molecule has 0 spiro atoms. The molecule has 0 fully saturated rings. The minimum atomic E-state index is -0.393. The first kappa shape index (κ1) is 13.5. The molecule has 0 aliphatic heterocycles. The number of H-pyrrole nitrogens is 1. The monoisotopic (exact) mass is 305 g/mol. The van der Waals surface area contributed by atoms with E-state index in [1.807, 2.05) is 25.1 Å². The molecule has 4 rings (SSSR count). The number of pyridine rings is 3. The molecule has 0 aliphatic carbocycles. The van der Waals surface area contributed by atoms with Crippen LogP contribution in [0, 0.1) is 12.7 Å². The van der Waals surface area contributed by atoms with Crippen LogP contribution in [0.25, 0.3) is 33.5 Å². The van der Waals surface area contributed by atoms with E-state index in [2.05, 4.69) is 24.9 Å². The lowest BCUT2D eigenvalue weighted by atomic mass is 10.0. The van der Waals surface area contributed by atoms with E-state index in [0.29, 0.717) is 22.5 Å². The maximum absolute atomic E-state index is 14.2. The molecule has 0 unspecified atom stereocenters. The Bertz CT molecular complexity index is 994. The van der Waals surface area contributed by atoms with Crippen LogP contribution in [0.2, 0.25) is 0 Å². The third-order valence-electron chi connectivity index (χ3n) is 3.59. The molecule has 4 aromatic heterocycles. The van der Waals surface area contributed by atoms with E-state index in [4.69, 9.17) is 0 Å². The number of aryl methyl sites for hydroxylation is 1. The summed E-state index contributed by atoms with van der Waals surface area (Å²) in [6.07, 6.45) is 6.16. The van der Waals surface area contributed by atoms with Gasteiger partial charge in [0.2, 0.25) is 0 Å². The van der Waals surface area contributed by atoms with Crippen LogP contribution in [0.3, 0.4) is 0 Å². The van der Waals surface area contributed by atoms with Gasteiger partial charge in [0.05, 0.1) is 17.4 Å². The minimum absolute atomic E-state index is 0.393. The zero-order chi connectivity index (χ0) is 15.8. The third kappa shape index (κ3) is 2.34. The maximum atomic E-state index is 14.2. The summed E-state index contributed by atoms with van der Waals surface area (Å²) in [7, 11) is 0. The minimum Gasteiger partial charge on any atom is -0.341 e. The van der Waals surface area contributed by atoms with Gasteiger partial charge in [-0.2, -0.15) is 0 Å². The first-order chi connectivity index (χ1) is 11.2. The van der Waals surface area contributed by atoms with Crippen LogP contribution in [-0.4, -0.2) is 24.9 Å². The molecule has 0 radical (unpaired) electrons. The van der Waals surface area contributed by atoms with E-state index in [1.54, 1.807) is 24.7 Å². The van der Waals surface area contributed by atoms with Crippen molar-refractivity contribution in [1.82, 2.24) is 24.9 Å². The number of aromatic amines is 1. The molecule has 6 heteroatoms. The lowest BCUT2D eigenvalue weighted by Gasteiger charge is -2.09. The first-order valence-electron chi connectivity index (χ1n) is 7.10. The van der Waals surface area contributed by atoms with Crippen LogP contribution >= 0.6 is 0 Å².